The number of β-amino-alcohol motifs (C(OH)–C–C–N with tert-alkyl or cyclic N) is 1. The first kappa shape index (κ1) is 9.63. The molecule has 7 heteroatoms. The Labute approximate surface area is 74.2 Å². The highest BCUT2D eigenvalue weighted by molar-refractivity contribution is 5.66. The van der Waals surface area contributed by atoms with Crippen LogP contribution < -0.4 is 4.91 Å². The zero-order chi connectivity index (χ0) is 9.84. The lowest BCUT2D eigenvalue weighted by Gasteiger charge is -2.16. The lowest BCUT2D eigenvalue weighted by molar-refractivity contribution is 0.132. The molecule has 3 N–H and O–H groups in total. The number of aliphatic hydroxyl groups is 1. The van der Waals surface area contributed by atoms with Crippen molar-refractivity contribution in [1.82, 2.24) is 9.81 Å². The van der Waals surface area contributed by atoms with E-state index < -0.39 is 12.2 Å². The molecule has 1 saturated heterocycles. The van der Waals surface area contributed by atoms with Crippen molar-refractivity contribution in [2.24, 2.45) is 5.11 Å². The summed E-state index contributed by atoms with van der Waals surface area (Å²) in [5.74, 6) is 0. The van der Waals surface area contributed by atoms with Crippen molar-refractivity contribution < 1.29 is 15.0 Å². The van der Waals surface area contributed by atoms with E-state index in [2.05, 4.69) is 10.0 Å². The molecule has 0 aromatic carbocycles. The van der Waals surface area contributed by atoms with Gasteiger partial charge in [-0.25, -0.2) is 4.79 Å². The number of likely N-dealkylation sites (tertiary alicyclic amines) is 1. The van der Waals surface area contributed by atoms with Gasteiger partial charge in [0.2, 0.25) is 4.91 Å². The average molecular weight is 187 g/mol. The molecule has 1 amide bonds. The fourth-order valence-electron chi connectivity index (χ4n) is 1.43. The number of amides is 1. The highest BCUT2D eigenvalue weighted by Crippen LogP contribution is 2.17. The summed E-state index contributed by atoms with van der Waals surface area (Å²) in [5.41, 5.74) is 6.42. The molecule has 1 fully saturated rings. The Morgan fingerprint density at radius 1 is 1.77 bits per heavy atom. The van der Waals surface area contributed by atoms with Gasteiger partial charge in [0.1, 0.15) is 17.2 Å². The molecular formula is C6H11N4O3+. The molecular weight excluding hydrogens is 176 g/mol. The Balaban J connectivity index is 2.60. The van der Waals surface area contributed by atoms with Gasteiger partial charge in [-0.15, -0.1) is 0 Å². The topological polar surface area (TPSA) is 111 Å². The standard InChI is InChI=1S/C6H10N4O3/c7-9-8-2-4-1-5(11)3-10(4)6(12)13/h4-5,7,11H,1-3H2/p+1. The summed E-state index contributed by atoms with van der Waals surface area (Å²) in [6.07, 6.45) is -1.32. The van der Waals surface area contributed by atoms with Crippen LogP contribution in [0.15, 0.2) is 5.11 Å². The van der Waals surface area contributed by atoms with E-state index in [1.807, 2.05) is 0 Å². The predicted octanol–water partition coefficient (Wildman–Crippen LogP) is -0.350. The molecule has 1 aliphatic heterocycles. The molecule has 0 spiro atoms. The molecule has 2 atom stereocenters. The summed E-state index contributed by atoms with van der Waals surface area (Å²) >= 11 is 0. The number of hydrogen-bond acceptors (Lipinski definition) is 4. The van der Waals surface area contributed by atoms with Crippen LogP contribution in [0.1, 0.15) is 6.42 Å². The van der Waals surface area contributed by atoms with E-state index in [9.17, 15) is 9.90 Å². The second-order valence-corrected chi connectivity index (χ2v) is 2.90. The number of rotatable bonds is 2. The van der Waals surface area contributed by atoms with Crippen LogP contribution >= 0.6 is 0 Å². The third-order valence-electron chi connectivity index (χ3n) is 2.00. The summed E-state index contributed by atoms with van der Waals surface area (Å²) in [5, 5.41) is 21.3. The van der Waals surface area contributed by atoms with Crippen molar-refractivity contribution in [2.75, 3.05) is 13.1 Å². The quantitative estimate of drug-likeness (QED) is 0.405. The number of hydrogen-bond donors (Lipinski definition) is 3. The third kappa shape index (κ3) is 2.24. The van der Waals surface area contributed by atoms with Crippen LogP contribution in [0.5, 0.6) is 0 Å². The summed E-state index contributed by atoms with van der Waals surface area (Å²) in [7, 11) is 0. The van der Waals surface area contributed by atoms with Crippen LogP contribution in [-0.2, 0) is 0 Å². The summed E-state index contributed by atoms with van der Waals surface area (Å²) < 4.78 is 0. The zero-order valence-electron chi connectivity index (χ0n) is 6.92. The van der Waals surface area contributed by atoms with Gasteiger partial charge in [0, 0.05) is 0 Å². The van der Waals surface area contributed by atoms with Crippen LogP contribution in [-0.4, -0.2) is 46.4 Å². The first-order valence-electron chi connectivity index (χ1n) is 3.86. The summed E-state index contributed by atoms with van der Waals surface area (Å²) in [6.45, 7) is 0.264. The zero-order valence-corrected chi connectivity index (χ0v) is 6.92. The molecule has 13 heavy (non-hydrogen) atoms. The van der Waals surface area contributed by atoms with Gasteiger partial charge >= 0.3 is 6.09 Å². The molecule has 0 aromatic rings. The van der Waals surface area contributed by atoms with Gasteiger partial charge in [-0.2, -0.15) is 0 Å². The number of nitrogens with one attached hydrogen (secondary N) is 1. The van der Waals surface area contributed by atoms with E-state index in [1.54, 1.807) is 0 Å². The fraction of sp³-hybridized carbons (Fsp3) is 0.833. The van der Waals surface area contributed by atoms with Gasteiger partial charge in [0.05, 0.1) is 18.7 Å². The van der Waals surface area contributed by atoms with Gasteiger partial charge in [-0.1, -0.05) is 0 Å². The highest BCUT2D eigenvalue weighted by atomic mass is 16.4. The van der Waals surface area contributed by atoms with E-state index in [-0.39, 0.29) is 19.1 Å². The van der Waals surface area contributed by atoms with Crippen molar-refractivity contribution in [2.45, 2.75) is 18.6 Å². The normalized spacial score (nSPS) is 27.0. The third-order valence-corrected chi connectivity index (χ3v) is 2.00. The Morgan fingerprint density at radius 2 is 2.46 bits per heavy atom. The molecule has 2 unspecified atom stereocenters. The van der Waals surface area contributed by atoms with Crippen molar-refractivity contribution in [3.8, 4) is 0 Å². The maximum Gasteiger partial charge on any atom is 0.407 e. The number of nitrogens with zero attached hydrogens (tertiary/aromatic N) is 3. The van der Waals surface area contributed by atoms with E-state index >= 15 is 0 Å². The molecule has 0 radical (unpaired) electrons. The van der Waals surface area contributed by atoms with Gasteiger partial charge in [0.15, 0.2) is 0 Å². The van der Waals surface area contributed by atoms with Gasteiger partial charge < -0.3 is 15.1 Å². The minimum Gasteiger partial charge on any atom is -0.465 e. The predicted molar refractivity (Wildman–Crippen MR) is 41.3 cm³/mol. The smallest absolute Gasteiger partial charge is 0.407 e. The molecule has 0 aliphatic carbocycles. The van der Waals surface area contributed by atoms with Crippen molar-refractivity contribution in [1.29, 1.82) is 5.53 Å². The van der Waals surface area contributed by atoms with Gasteiger partial charge in [-0.05, 0) is 6.42 Å². The molecule has 1 rings (SSSR count). The number of aliphatic hydroxyl groups excluding tert-OH is 1. The number of carboxylic acid groups (broad SMARTS) is 1. The molecule has 7 nitrogen and oxygen atoms in total. The molecule has 0 saturated carbocycles. The number of carbonyl (C=O) groups is 1. The van der Waals surface area contributed by atoms with Crippen LogP contribution in [0.3, 0.4) is 0 Å². The average Bonchev–Trinajstić information content (AvgIpc) is 2.43. The van der Waals surface area contributed by atoms with E-state index in [1.165, 1.54) is 0 Å². The largest absolute Gasteiger partial charge is 0.465 e. The lowest BCUT2D eigenvalue weighted by Crippen LogP contribution is -2.36. The van der Waals surface area contributed by atoms with Crippen molar-refractivity contribution >= 4 is 6.09 Å². The maximum absolute atomic E-state index is 10.6. The molecule has 1 aliphatic rings. The summed E-state index contributed by atoms with van der Waals surface area (Å²) in [4.78, 5) is 14.5. The summed E-state index contributed by atoms with van der Waals surface area (Å²) in [6, 6.07) is -0.346. The molecule has 0 bridgehead atoms. The van der Waals surface area contributed by atoms with Gasteiger partial charge in [-0.3, -0.25) is 0 Å². The highest BCUT2D eigenvalue weighted by Gasteiger charge is 2.34. The lowest BCUT2D eigenvalue weighted by atomic mass is 10.2. The molecule has 1 heterocycles. The molecule has 72 valence electrons. The Bertz CT molecular complexity index is 250. The van der Waals surface area contributed by atoms with Crippen LogP contribution in [0.4, 0.5) is 4.79 Å². The van der Waals surface area contributed by atoms with Crippen molar-refractivity contribution in [3.05, 3.63) is 0 Å². The van der Waals surface area contributed by atoms with E-state index in [4.69, 9.17) is 10.6 Å². The maximum atomic E-state index is 10.6. The minimum atomic E-state index is -1.07. The molecule has 0 aromatic heterocycles. The minimum absolute atomic E-state index is 0.119. The van der Waals surface area contributed by atoms with Crippen LogP contribution in [0, 0.1) is 5.53 Å². The van der Waals surface area contributed by atoms with Crippen molar-refractivity contribution in [3.63, 3.8) is 0 Å². The van der Waals surface area contributed by atoms with Gasteiger partial charge in [0.25, 0.3) is 0 Å². The second-order valence-electron chi connectivity index (χ2n) is 2.90. The fourth-order valence-corrected chi connectivity index (χ4v) is 1.43. The van der Waals surface area contributed by atoms with Crippen LogP contribution in [0.2, 0.25) is 0 Å². The first-order valence-corrected chi connectivity index (χ1v) is 3.86. The van der Waals surface area contributed by atoms with Crippen LogP contribution in [0.25, 0.3) is 0 Å². The first-order chi connectivity index (χ1) is 6.15. The second kappa shape index (κ2) is 3.97. The monoisotopic (exact) mass is 187 g/mol. The Hall–Kier alpha value is -1.46. The Kier molecular flexibility index (Phi) is 2.94. The van der Waals surface area contributed by atoms with E-state index in [0.717, 1.165) is 4.90 Å². The SMILES string of the molecule is N=[N+]=NCC1CC(O)CN1C(=O)O. The van der Waals surface area contributed by atoms with E-state index in [0.29, 0.717) is 6.42 Å². The Morgan fingerprint density at radius 3 is 3.00 bits per heavy atom.